The minimum absolute atomic E-state index is 0.112. The highest BCUT2D eigenvalue weighted by Crippen LogP contribution is 2.32. The normalized spacial score (nSPS) is 25.5. The van der Waals surface area contributed by atoms with E-state index in [0.29, 0.717) is 12.1 Å². The van der Waals surface area contributed by atoms with E-state index >= 15 is 0 Å². The number of carbonyl (C=O) groups excluding carboxylic acids is 2. The van der Waals surface area contributed by atoms with Crippen molar-refractivity contribution in [3.05, 3.63) is 29.3 Å². The average Bonchev–Trinajstić information content (AvgIpc) is 2.85. The van der Waals surface area contributed by atoms with Gasteiger partial charge >= 0.3 is 0 Å². The number of aliphatic hydroxyl groups is 1. The van der Waals surface area contributed by atoms with Gasteiger partial charge in [0, 0.05) is 12.6 Å². The largest absolute Gasteiger partial charge is 0.396 e. The molecule has 0 bridgehead atoms. The molecular formula is C19H26N2O3. The van der Waals surface area contributed by atoms with Crippen LogP contribution in [0.3, 0.4) is 0 Å². The van der Waals surface area contributed by atoms with E-state index in [1.807, 2.05) is 32.0 Å². The number of hydrogen-bond donors (Lipinski definition) is 1. The molecule has 0 aliphatic carbocycles. The quantitative estimate of drug-likeness (QED) is 0.860. The molecule has 1 N–H and O–H groups in total. The van der Waals surface area contributed by atoms with Crippen molar-refractivity contribution in [2.24, 2.45) is 0 Å². The van der Waals surface area contributed by atoms with Crippen LogP contribution in [-0.2, 0) is 9.59 Å². The Kier molecular flexibility index (Phi) is 5.01. The zero-order chi connectivity index (χ0) is 17.3. The van der Waals surface area contributed by atoms with Crippen molar-refractivity contribution >= 4 is 17.5 Å². The lowest BCUT2D eigenvalue weighted by Gasteiger charge is -2.38. The van der Waals surface area contributed by atoms with E-state index in [4.69, 9.17) is 0 Å². The lowest BCUT2D eigenvalue weighted by Crippen LogP contribution is -2.50. The van der Waals surface area contributed by atoms with Gasteiger partial charge in [0.1, 0.15) is 0 Å². The summed E-state index contributed by atoms with van der Waals surface area (Å²) in [4.78, 5) is 29.2. The maximum atomic E-state index is 13.0. The molecule has 5 nitrogen and oxygen atoms in total. The van der Waals surface area contributed by atoms with Crippen LogP contribution in [0.5, 0.6) is 0 Å². The maximum Gasteiger partial charge on any atom is 0.251 e. The number of likely N-dealkylation sites (tertiary alicyclic amines) is 1. The molecule has 0 radical (unpaired) electrons. The van der Waals surface area contributed by atoms with Crippen LogP contribution < -0.4 is 4.90 Å². The number of carbonyl (C=O) groups is 2. The van der Waals surface area contributed by atoms with E-state index in [9.17, 15) is 14.7 Å². The van der Waals surface area contributed by atoms with Crippen molar-refractivity contribution in [3.63, 3.8) is 0 Å². The van der Waals surface area contributed by atoms with Gasteiger partial charge in [0.05, 0.1) is 18.2 Å². The molecule has 2 saturated heterocycles. The molecule has 0 saturated carbocycles. The molecule has 2 amide bonds. The van der Waals surface area contributed by atoms with Crippen molar-refractivity contribution in [2.45, 2.75) is 58.0 Å². The molecular weight excluding hydrogens is 304 g/mol. The highest BCUT2D eigenvalue weighted by Gasteiger charge is 2.45. The second-order valence-corrected chi connectivity index (χ2v) is 6.98. The Morgan fingerprint density at radius 1 is 1.21 bits per heavy atom. The summed E-state index contributed by atoms with van der Waals surface area (Å²) < 4.78 is 0. The second-order valence-electron chi connectivity index (χ2n) is 6.98. The van der Waals surface area contributed by atoms with E-state index in [1.165, 1.54) is 4.90 Å². The number of imide groups is 1. The first-order valence-electron chi connectivity index (χ1n) is 8.83. The minimum atomic E-state index is -0.380. The third-order valence-corrected chi connectivity index (χ3v) is 5.26. The number of rotatable bonds is 4. The van der Waals surface area contributed by atoms with E-state index in [0.717, 1.165) is 36.9 Å². The number of hydrogen-bond acceptors (Lipinski definition) is 4. The molecule has 5 heteroatoms. The lowest BCUT2D eigenvalue weighted by atomic mass is 9.97. The molecule has 130 valence electrons. The maximum absolute atomic E-state index is 13.0. The predicted octanol–water partition coefficient (Wildman–Crippen LogP) is 2.17. The third-order valence-electron chi connectivity index (χ3n) is 5.26. The van der Waals surface area contributed by atoms with Crippen molar-refractivity contribution in [1.82, 2.24) is 4.90 Å². The average molecular weight is 330 g/mol. The van der Waals surface area contributed by atoms with Crippen LogP contribution in [0.2, 0.25) is 0 Å². The summed E-state index contributed by atoms with van der Waals surface area (Å²) in [5.41, 5.74) is 2.69. The van der Waals surface area contributed by atoms with Crippen molar-refractivity contribution < 1.29 is 14.7 Å². The SMILES string of the molecule is Cc1ccc(C)c(N2C(=O)C[C@@H](N3CCCC[C@H]3CCO)C2=O)c1. The zero-order valence-electron chi connectivity index (χ0n) is 14.5. The van der Waals surface area contributed by atoms with Gasteiger partial charge in [-0.15, -0.1) is 0 Å². The third kappa shape index (κ3) is 3.10. The van der Waals surface area contributed by atoms with Crippen LogP contribution in [0.1, 0.15) is 43.2 Å². The molecule has 0 aromatic heterocycles. The molecule has 3 rings (SSSR count). The molecule has 2 aliphatic rings. The Hall–Kier alpha value is -1.72. The fourth-order valence-electron chi connectivity index (χ4n) is 3.98. The first-order valence-corrected chi connectivity index (χ1v) is 8.83. The molecule has 0 unspecified atom stereocenters. The Balaban J connectivity index is 1.87. The molecule has 1 aromatic carbocycles. The Morgan fingerprint density at radius 3 is 2.75 bits per heavy atom. The summed E-state index contributed by atoms with van der Waals surface area (Å²) in [5.74, 6) is -0.231. The lowest BCUT2D eigenvalue weighted by molar-refractivity contribution is -0.124. The molecule has 2 atom stereocenters. The van der Waals surface area contributed by atoms with Crippen LogP contribution in [0.4, 0.5) is 5.69 Å². The molecule has 24 heavy (non-hydrogen) atoms. The monoisotopic (exact) mass is 330 g/mol. The zero-order valence-corrected chi connectivity index (χ0v) is 14.5. The fourth-order valence-corrected chi connectivity index (χ4v) is 3.98. The van der Waals surface area contributed by atoms with Gasteiger partial charge < -0.3 is 5.11 Å². The number of amides is 2. The summed E-state index contributed by atoms with van der Waals surface area (Å²) in [5, 5.41) is 9.30. The van der Waals surface area contributed by atoms with Gasteiger partial charge in [-0.2, -0.15) is 0 Å². The Labute approximate surface area is 143 Å². The minimum Gasteiger partial charge on any atom is -0.396 e. The first-order chi connectivity index (χ1) is 11.5. The van der Waals surface area contributed by atoms with E-state index in [1.54, 1.807) is 0 Å². The molecule has 2 aliphatic heterocycles. The Morgan fingerprint density at radius 2 is 2.00 bits per heavy atom. The number of benzene rings is 1. The van der Waals surface area contributed by atoms with Gasteiger partial charge in [-0.25, -0.2) is 4.90 Å². The standard InChI is InChI=1S/C19H26N2O3/c1-13-6-7-14(2)16(11-13)21-18(23)12-17(19(21)24)20-9-4-3-5-15(20)8-10-22/h6-7,11,15,17,22H,3-5,8-10,12H2,1-2H3/t15-,17+/m0/s1. The summed E-state index contributed by atoms with van der Waals surface area (Å²) in [6.07, 6.45) is 4.07. The second kappa shape index (κ2) is 7.03. The number of aryl methyl sites for hydroxylation is 2. The van der Waals surface area contributed by atoms with Crippen LogP contribution in [0, 0.1) is 13.8 Å². The van der Waals surface area contributed by atoms with E-state index in [-0.39, 0.29) is 36.9 Å². The number of piperidine rings is 1. The fraction of sp³-hybridized carbons (Fsp3) is 0.579. The summed E-state index contributed by atoms with van der Waals surface area (Å²) in [6, 6.07) is 5.67. The van der Waals surface area contributed by atoms with E-state index in [2.05, 4.69) is 4.90 Å². The van der Waals surface area contributed by atoms with Gasteiger partial charge in [-0.3, -0.25) is 14.5 Å². The van der Waals surface area contributed by atoms with Crippen LogP contribution in [-0.4, -0.2) is 47.1 Å². The topological polar surface area (TPSA) is 60.9 Å². The van der Waals surface area contributed by atoms with E-state index < -0.39 is 0 Å². The summed E-state index contributed by atoms with van der Waals surface area (Å²) in [7, 11) is 0. The van der Waals surface area contributed by atoms with Gasteiger partial charge in [0.2, 0.25) is 5.91 Å². The van der Waals surface area contributed by atoms with Crippen LogP contribution in [0.25, 0.3) is 0 Å². The molecule has 2 fully saturated rings. The van der Waals surface area contributed by atoms with Gasteiger partial charge in [-0.05, 0) is 56.8 Å². The van der Waals surface area contributed by atoms with Gasteiger partial charge in [0.15, 0.2) is 0 Å². The summed E-state index contributed by atoms with van der Waals surface area (Å²) >= 11 is 0. The van der Waals surface area contributed by atoms with Gasteiger partial charge in [-0.1, -0.05) is 18.6 Å². The highest BCUT2D eigenvalue weighted by molar-refractivity contribution is 6.22. The number of anilines is 1. The van der Waals surface area contributed by atoms with Crippen LogP contribution >= 0.6 is 0 Å². The van der Waals surface area contributed by atoms with Crippen LogP contribution in [0.15, 0.2) is 18.2 Å². The van der Waals surface area contributed by atoms with Crippen molar-refractivity contribution in [3.8, 4) is 0 Å². The smallest absolute Gasteiger partial charge is 0.251 e. The molecule has 0 spiro atoms. The Bertz CT molecular complexity index is 641. The highest BCUT2D eigenvalue weighted by atomic mass is 16.3. The number of aliphatic hydroxyl groups excluding tert-OH is 1. The van der Waals surface area contributed by atoms with Crippen molar-refractivity contribution in [2.75, 3.05) is 18.1 Å². The summed E-state index contributed by atoms with van der Waals surface area (Å²) in [6.45, 7) is 4.84. The predicted molar refractivity (Wildman–Crippen MR) is 92.9 cm³/mol. The first kappa shape index (κ1) is 17.1. The molecule has 2 heterocycles. The van der Waals surface area contributed by atoms with Crippen molar-refractivity contribution in [1.29, 1.82) is 0 Å². The van der Waals surface area contributed by atoms with Gasteiger partial charge in [0.25, 0.3) is 5.91 Å². The number of nitrogens with zero attached hydrogens (tertiary/aromatic N) is 2. The molecule has 1 aromatic rings.